The van der Waals surface area contributed by atoms with Crippen LogP contribution in [-0.4, -0.2) is 64.8 Å². The molecule has 0 saturated carbocycles. The number of carbonyl (C=O) groups excluding carboxylic acids is 1. The molecule has 4 rings (SSSR count). The van der Waals surface area contributed by atoms with Crippen LogP contribution in [0, 0.1) is 5.92 Å². The molecule has 2 unspecified atom stereocenters. The molecule has 0 aromatic carbocycles. The molecule has 0 aliphatic carbocycles. The molecule has 1 aliphatic rings. The zero-order valence-corrected chi connectivity index (χ0v) is 21.0. The third kappa shape index (κ3) is 4.88. The number of sulfonamides is 1. The molecular weight excluding hydrogens is 492 g/mol. The van der Waals surface area contributed by atoms with Crippen LogP contribution in [0.4, 0.5) is 5.95 Å². The van der Waals surface area contributed by atoms with E-state index < -0.39 is 10.0 Å². The fourth-order valence-electron chi connectivity index (χ4n) is 3.82. The van der Waals surface area contributed by atoms with Gasteiger partial charge in [-0.1, -0.05) is 18.5 Å². The van der Waals surface area contributed by atoms with Crippen molar-refractivity contribution in [3.05, 3.63) is 43.8 Å². The first-order valence-corrected chi connectivity index (χ1v) is 13.9. The highest BCUT2D eigenvalue weighted by atomic mass is 35.5. The molecule has 3 aromatic rings. The average Bonchev–Trinajstić information content (AvgIpc) is 3.47. The van der Waals surface area contributed by atoms with Gasteiger partial charge in [0.15, 0.2) is 5.82 Å². The molecule has 0 spiro atoms. The predicted molar refractivity (Wildman–Crippen MR) is 126 cm³/mol. The molecule has 1 fully saturated rings. The van der Waals surface area contributed by atoms with Gasteiger partial charge in [0.05, 0.1) is 22.6 Å². The summed E-state index contributed by atoms with van der Waals surface area (Å²) in [7, 11) is -1.40. The minimum atomic E-state index is -3.25. The zero-order chi connectivity index (χ0) is 23.0. The lowest BCUT2D eigenvalue weighted by Crippen LogP contribution is -2.41. The summed E-state index contributed by atoms with van der Waals surface area (Å²) in [6, 6.07) is 3.78. The SMILES string of the molecule is CC1CN(S(C)(=O)=O)CCC1c1nc(N(C)Cc2ccc(Cl)s2)n(C(=O)c2cscn2)n1. The number of halogens is 1. The first-order chi connectivity index (χ1) is 15.1. The van der Waals surface area contributed by atoms with Crippen LogP contribution in [0.15, 0.2) is 23.0 Å². The molecule has 0 amide bonds. The normalized spacial score (nSPS) is 19.9. The number of hydrogen-bond acceptors (Lipinski definition) is 9. The molecular formula is C19H23ClN6O3S3. The van der Waals surface area contributed by atoms with Crippen LogP contribution in [0.3, 0.4) is 0 Å². The highest BCUT2D eigenvalue weighted by Crippen LogP contribution is 2.33. The lowest BCUT2D eigenvalue weighted by Gasteiger charge is -2.34. The number of aromatic nitrogens is 4. The van der Waals surface area contributed by atoms with Gasteiger partial charge in [0.1, 0.15) is 5.69 Å². The number of hydrogen-bond donors (Lipinski definition) is 0. The Balaban J connectivity index is 1.65. The monoisotopic (exact) mass is 514 g/mol. The maximum atomic E-state index is 13.1. The number of anilines is 1. The largest absolute Gasteiger partial charge is 0.339 e. The molecule has 4 heterocycles. The molecule has 0 bridgehead atoms. The summed E-state index contributed by atoms with van der Waals surface area (Å²) < 4.78 is 27.4. The van der Waals surface area contributed by atoms with Gasteiger partial charge >= 0.3 is 5.91 Å². The molecule has 1 aliphatic heterocycles. The number of carbonyl (C=O) groups is 1. The van der Waals surface area contributed by atoms with E-state index in [1.165, 1.54) is 37.9 Å². The van der Waals surface area contributed by atoms with Crippen molar-refractivity contribution in [3.63, 3.8) is 0 Å². The summed E-state index contributed by atoms with van der Waals surface area (Å²) in [5.41, 5.74) is 1.91. The van der Waals surface area contributed by atoms with Crippen LogP contribution < -0.4 is 4.90 Å². The fourth-order valence-corrected chi connectivity index (χ4v) is 6.43. The number of thiazole rings is 1. The average molecular weight is 515 g/mol. The van der Waals surface area contributed by atoms with Crippen molar-refractivity contribution in [3.8, 4) is 0 Å². The van der Waals surface area contributed by atoms with E-state index in [0.29, 0.717) is 47.9 Å². The Labute approximate surface area is 199 Å². The van der Waals surface area contributed by atoms with Crippen molar-refractivity contribution >= 4 is 56.2 Å². The van der Waals surface area contributed by atoms with Crippen LogP contribution in [0.5, 0.6) is 0 Å². The van der Waals surface area contributed by atoms with Crippen molar-refractivity contribution < 1.29 is 13.2 Å². The van der Waals surface area contributed by atoms with Crippen LogP contribution in [0.25, 0.3) is 0 Å². The minimum Gasteiger partial charge on any atom is -0.339 e. The van der Waals surface area contributed by atoms with Gasteiger partial charge < -0.3 is 4.90 Å². The van der Waals surface area contributed by atoms with Crippen molar-refractivity contribution in [2.75, 3.05) is 31.3 Å². The summed E-state index contributed by atoms with van der Waals surface area (Å²) >= 11 is 8.87. The smallest absolute Gasteiger partial charge is 0.300 e. The van der Waals surface area contributed by atoms with Crippen molar-refractivity contribution in [1.82, 2.24) is 24.1 Å². The molecule has 0 radical (unpaired) electrons. The standard InChI is InChI=1S/C19H23ClN6O3S3/c1-12-8-25(32(3,28)29)7-6-14(12)17-22-19(24(2)9-13-4-5-16(20)31-13)26(23-17)18(27)15-10-30-11-21-15/h4-5,10-12,14H,6-9H2,1-3H3. The van der Waals surface area contributed by atoms with E-state index >= 15 is 0 Å². The van der Waals surface area contributed by atoms with Crippen molar-refractivity contribution in [2.45, 2.75) is 25.8 Å². The van der Waals surface area contributed by atoms with Gasteiger partial charge in [0.2, 0.25) is 16.0 Å². The summed E-state index contributed by atoms with van der Waals surface area (Å²) in [5, 5.41) is 6.26. The highest BCUT2D eigenvalue weighted by Gasteiger charge is 2.35. The summed E-state index contributed by atoms with van der Waals surface area (Å²) in [6.45, 7) is 3.31. The quantitative estimate of drug-likeness (QED) is 0.498. The molecule has 3 aromatic heterocycles. The Kier molecular flexibility index (Phi) is 6.68. The van der Waals surface area contributed by atoms with Crippen molar-refractivity contribution in [1.29, 1.82) is 0 Å². The van der Waals surface area contributed by atoms with E-state index in [0.717, 1.165) is 4.88 Å². The molecule has 0 N–H and O–H groups in total. The maximum absolute atomic E-state index is 13.1. The van der Waals surface area contributed by atoms with E-state index in [-0.39, 0.29) is 17.7 Å². The molecule has 32 heavy (non-hydrogen) atoms. The second-order valence-corrected chi connectivity index (χ2v) is 12.4. The van der Waals surface area contributed by atoms with Gasteiger partial charge in [-0.15, -0.1) is 27.8 Å². The van der Waals surface area contributed by atoms with E-state index in [1.54, 1.807) is 10.9 Å². The molecule has 1 saturated heterocycles. The number of thiophene rings is 1. The van der Waals surface area contributed by atoms with Crippen LogP contribution in [0.2, 0.25) is 4.34 Å². The fraction of sp³-hybridized carbons (Fsp3) is 0.474. The maximum Gasteiger partial charge on any atom is 0.300 e. The molecule has 9 nitrogen and oxygen atoms in total. The van der Waals surface area contributed by atoms with Gasteiger partial charge in [-0.05, 0) is 24.5 Å². The topological polar surface area (TPSA) is 101 Å². The first-order valence-electron chi connectivity index (χ1n) is 9.94. The Bertz CT molecular complexity index is 1210. The van der Waals surface area contributed by atoms with E-state index in [2.05, 4.69) is 10.1 Å². The second kappa shape index (κ2) is 9.18. The van der Waals surface area contributed by atoms with E-state index in [9.17, 15) is 13.2 Å². The van der Waals surface area contributed by atoms with E-state index in [1.807, 2.05) is 31.0 Å². The Hall–Kier alpha value is -1.86. The zero-order valence-electron chi connectivity index (χ0n) is 17.8. The lowest BCUT2D eigenvalue weighted by atomic mass is 9.87. The number of piperidine rings is 1. The lowest BCUT2D eigenvalue weighted by molar-refractivity contribution is 0.0941. The predicted octanol–water partition coefficient (Wildman–Crippen LogP) is 3.16. The van der Waals surface area contributed by atoms with Gasteiger partial charge in [-0.2, -0.15) is 9.67 Å². The first kappa shape index (κ1) is 23.3. The summed E-state index contributed by atoms with van der Waals surface area (Å²) in [4.78, 5) is 24.9. The number of rotatable bonds is 6. The van der Waals surface area contributed by atoms with Gasteiger partial charge in [-0.3, -0.25) is 4.79 Å². The van der Waals surface area contributed by atoms with Crippen molar-refractivity contribution in [2.24, 2.45) is 5.92 Å². The van der Waals surface area contributed by atoms with Crippen LogP contribution >= 0.6 is 34.3 Å². The van der Waals surface area contributed by atoms with Gasteiger partial charge in [-0.25, -0.2) is 17.7 Å². The Morgan fingerprint density at radius 3 is 2.75 bits per heavy atom. The molecule has 13 heteroatoms. The Morgan fingerprint density at radius 2 is 2.16 bits per heavy atom. The third-order valence-corrected chi connectivity index (χ3v) is 8.55. The van der Waals surface area contributed by atoms with Crippen LogP contribution in [0.1, 0.15) is 40.5 Å². The van der Waals surface area contributed by atoms with Crippen LogP contribution in [-0.2, 0) is 16.6 Å². The van der Waals surface area contributed by atoms with Gasteiger partial charge in [0.25, 0.3) is 0 Å². The van der Waals surface area contributed by atoms with Gasteiger partial charge in [0, 0.05) is 36.3 Å². The van der Waals surface area contributed by atoms with E-state index in [4.69, 9.17) is 16.6 Å². The second-order valence-electron chi connectivity index (χ2n) is 7.92. The highest BCUT2D eigenvalue weighted by molar-refractivity contribution is 7.88. The molecule has 2 atom stereocenters. The summed E-state index contributed by atoms with van der Waals surface area (Å²) in [6.07, 6.45) is 1.82. The number of nitrogens with zero attached hydrogens (tertiary/aromatic N) is 6. The minimum absolute atomic E-state index is 0.0120. The third-order valence-electron chi connectivity index (χ3n) is 5.48. The molecule has 172 valence electrons. The Morgan fingerprint density at radius 1 is 1.38 bits per heavy atom. The summed E-state index contributed by atoms with van der Waals surface area (Å²) in [5.74, 6) is 0.566.